The molecule has 0 atom stereocenters. The van der Waals surface area contributed by atoms with Crippen molar-refractivity contribution in [2.75, 3.05) is 11.9 Å². The van der Waals surface area contributed by atoms with Crippen LogP contribution in [0.5, 0.6) is 0 Å². The number of hydrogen-bond donors (Lipinski definition) is 1. The first-order valence-electron chi connectivity index (χ1n) is 11.1. The molecule has 1 aliphatic rings. The van der Waals surface area contributed by atoms with Crippen molar-refractivity contribution in [3.8, 4) is 11.5 Å². The van der Waals surface area contributed by atoms with Crippen LogP contribution >= 0.6 is 0 Å². The van der Waals surface area contributed by atoms with Gasteiger partial charge in [0.15, 0.2) is 0 Å². The van der Waals surface area contributed by atoms with Gasteiger partial charge in [-0.05, 0) is 66.1 Å². The van der Waals surface area contributed by atoms with Crippen molar-refractivity contribution in [1.29, 1.82) is 0 Å². The summed E-state index contributed by atoms with van der Waals surface area (Å²) in [5.41, 5.74) is 1.67. The minimum absolute atomic E-state index is 0.0609. The van der Waals surface area contributed by atoms with Gasteiger partial charge in [-0.25, -0.2) is 8.42 Å². The molecule has 1 amide bonds. The van der Waals surface area contributed by atoms with Gasteiger partial charge < -0.3 is 4.42 Å². The van der Waals surface area contributed by atoms with Gasteiger partial charge in [0.25, 0.3) is 5.91 Å². The van der Waals surface area contributed by atoms with Gasteiger partial charge in [0.2, 0.25) is 15.9 Å². The predicted molar refractivity (Wildman–Crippen MR) is 127 cm³/mol. The third-order valence-electron chi connectivity index (χ3n) is 5.95. The summed E-state index contributed by atoms with van der Waals surface area (Å²) in [5, 5.41) is 9.83. The van der Waals surface area contributed by atoms with Crippen molar-refractivity contribution < 1.29 is 30.8 Å². The summed E-state index contributed by atoms with van der Waals surface area (Å²) in [6.07, 6.45) is -3.85. The summed E-state index contributed by atoms with van der Waals surface area (Å²) < 4.78 is 71.2. The number of amides is 1. The number of carbonyl (C=O) groups is 1. The topological polar surface area (TPSA) is 105 Å². The second kappa shape index (κ2) is 9.45. The van der Waals surface area contributed by atoms with E-state index in [1.54, 1.807) is 0 Å². The molecule has 37 heavy (non-hydrogen) atoms. The summed E-state index contributed by atoms with van der Waals surface area (Å²) in [5.74, 6) is -0.702. The summed E-state index contributed by atoms with van der Waals surface area (Å²) in [4.78, 5) is 12.7. The molecule has 3 aromatic carbocycles. The number of nitrogens with zero attached hydrogens (tertiary/aromatic N) is 3. The molecule has 0 spiro atoms. The Kier molecular flexibility index (Phi) is 6.30. The van der Waals surface area contributed by atoms with Crippen LogP contribution in [0.4, 0.5) is 19.2 Å². The second-order valence-electron chi connectivity index (χ2n) is 8.32. The lowest BCUT2D eigenvalue weighted by molar-refractivity contribution is -0.137. The van der Waals surface area contributed by atoms with Crippen molar-refractivity contribution in [3.63, 3.8) is 0 Å². The number of alkyl halides is 3. The van der Waals surface area contributed by atoms with E-state index in [4.69, 9.17) is 4.42 Å². The molecule has 8 nitrogen and oxygen atoms in total. The molecule has 0 saturated carbocycles. The molecular formula is C25H19F3N4O4S. The van der Waals surface area contributed by atoms with Crippen molar-refractivity contribution >= 4 is 21.9 Å². The Morgan fingerprint density at radius 3 is 2.27 bits per heavy atom. The van der Waals surface area contributed by atoms with Crippen molar-refractivity contribution in [2.45, 2.75) is 24.0 Å². The number of hydrogen-bond acceptors (Lipinski definition) is 6. The van der Waals surface area contributed by atoms with Gasteiger partial charge in [-0.3, -0.25) is 10.1 Å². The number of sulfonamides is 1. The number of carbonyl (C=O) groups excluding carboxylic acids is 1. The summed E-state index contributed by atoms with van der Waals surface area (Å²) in [7, 11) is -3.76. The van der Waals surface area contributed by atoms with E-state index in [1.807, 2.05) is 24.3 Å². The Labute approximate surface area is 209 Å². The van der Waals surface area contributed by atoms with Crippen LogP contribution in [0.15, 0.2) is 82.1 Å². The maximum absolute atomic E-state index is 13.1. The van der Waals surface area contributed by atoms with Gasteiger partial charge in [0.05, 0.1) is 10.5 Å². The minimum Gasteiger partial charge on any atom is -0.403 e. The van der Waals surface area contributed by atoms with E-state index in [1.165, 1.54) is 40.7 Å². The average Bonchev–Trinajstić information content (AvgIpc) is 3.36. The van der Waals surface area contributed by atoms with E-state index in [2.05, 4.69) is 15.5 Å². The molecule has 1 aromatic heterocycles. The van der Waals surface area contributed by atoms with E-state index in [-0.39, 0.29) is 34.5 Å². The highest BCUT2D eigenvalue weighted by atomic mass is 32.2. The number of aromatic nitrogens is 2. The Balaban J connectivity index is 1.26. The van der Waals surface area contributed by atoms with Gasteiger partial charge >= 0.3 is 12.2 Å². The first kappa shape index (κ1) is 24.7. The molecular weight excluding hydrogens is 509 g/mol. The van der Waals surface area contributed by atoms with Crippen LogP contribution in [0.3, 0.4) is 0 Å². The van der Waals surface area contributed by atoms with Crippen molar-refractivity contribution in [2.24, 2.45) is 0 Å². The number of fused-ring (bicyclic) bond motifs is 1. The van der Waals surface area contributed by atoms with Gasteiger partial charge in [0, 0.05) is 24.2 Å². The van der Waals surface area contributed by atoms with Crippen LogP contribution in [0.25, 0.3) is 11.5 Å². The van der Waals surface area contributed by atoms with Crippen LogP contribution in [0.2, 0.25) is 0 Å². The van der Waals surface area contributed by atoms with Crippen LogP contribution < -0.4 is 5.32 Å². The smallest absolute Gasteiger partial charge is 0.403 e. The lowest BCUT2D eigenvalue weighted by atomic mass is 10.0. The number of anilines is 1. The highest BCUT2D eigenvalue weighted by Crippen LogP contribution is 2.31. The molecule has 12 heteroatoms. The highest BCUT2D eigenvalue weighted by molar-refractivity contribution is 7.89. The third-order valence-corrected chi connectivity index (χ3v) is 7.81. The molecule has 1 N–H and O–H groups in total. The molecule has 0 fully saturated rings. The Hall–Kier alpha value is -4.03. The summed E-state index contributed by atoms with van der Waals surface area (Å²) >= 11 is 0. The molecule has 4 aromatic rings. The monoisotopic (exact) mass is 528 g/mol. The van der Waals surface area contributed by atoms with E-state index >= 15 is 0 Å². The lowest BCUT2D eigenvalue weighted by Gasteiger charge is -2.28. The van der Waals surface area contributed by atoms with Gasteiger partial charge in [-0.1, -0.05) is 29.4 Å². The maximum atomic E-state index is 13.1. The largest absolute Gasteiger partial charge is 0.416 e. The number of nitrogens with one attached hydrogen (secondary N) is 1. The fourth-order valence-corrected chi connectivity index (χ4v) is 5.38. The number of rotatable bonds is 5. The predicted octanol–water partition coefficient (Wildman–Crippen LogP) is 4.75. The Morgan fingerprint density at radius 2 is 1.59 bits per heavy atom. The zero-order valence-corrected chi connectivity index (χ0v) is 19.9. The first-order valence-corrected chi connectivity index (χ1v) is 12.5. The van der Waals surface area contributed by atoms with E-state index in [9.17, 15) is 26.4 Å². The quantitative estimate of drug-likeness (QED) is 0.401. The zero-order valence-electron chi connectivity index (χ0n) is 19.1. The first-order chi connectivity index (χ1) is 17.6. The molecule has 0 unspecified atom stereocenters. The van der Waals surface area contributed by atoms with Crippen molar-refractivity contribution in [1.82, 2.24) is 14.5 Å². The van der Waals surface area contributed by atoms with E-state index < -0.39 is 27.7 Å². The fourth-order valence-electron chi connectivity index (χ4n) is 3.96. The zero-order chi connectivity index (χ0) is 26.2. The molecule has 0 saturated heterocycles. The third kappa shape index (κ3) is 5.11. The van der Waals surface area contributed by atoms with Gasteiger partial charge in [-0.2, -0.15) is 17.5 Å². The minimum atomic E-state index is -4.47. The second-order valence-corrected chi connectivity index (χ2v) is 10.3. The number of halogens is 3. The molecule has 1 aliphatic heterocycles. The number of benzene rings is 3. The van der Waals surface area contributed by atoms with Crippen LogP contribution in [0, 0.1) is 0 Å². The lowest BCUT2D eigenvalue weighted by Crippen LogP contribution is -2.35. The van der Waals surface area contributed by atoms with Crippen molar-refractivity contribution in [3.05, 3.63) is 95.1 Å². The average molecular weight is 529 g/mol. The standard InChI is InChI=1S/C25H19F3N4O4S/c26-25(27,28)20-9-5-18(6-10-20)23-30-31-24(36-23)29-22(33)17-7-11-21(12-8-17)37(34,35)32-14-13-16-3-1-2-4-19(16)15-32/h1-12H,13-15H2,(H,29,31,33). The fraction of sp³-hybridized carbons (Fsp3) is 0.160. The van der Waals surface area contributed by atoms with Crippen LogP contribution in [-0.2, 0) is 29.2 Å². The van der Waals surface area contributed by atoms with Gasteiger partial charge in [0.1, 0.15) is 0 Å². The molecule has 0 aliphatic carbocycles. The SMILES string of the molecule is O=C(Nc1nnc(-c2ccc(C(F)(F)F)cc2)o1)c1ccc(S(=O)(=O)N2CCc3ccccc3C2)cc1. The summed E-state index contributed by atoms with van der Waals surface area (Å²) in [6, 6.07) is 17.0. The van der Waals surface area contributed by atoms with E-state index in [0.717, 1.165) is 23.3 Å². The molecule has 190 valence electrons. The van der Waals surface area contributed by atoms with Crippen LogP contribution in [-0.4, -0.2) is 35.4 Å². The van der Waals surface area contributed by atoms with E-state index in [0.29, 0.717) is 13.0 Å². The Morgan fingerprint density at radius 1 is 0.919 bits per heavy atom. The van der Waals surface area contributed by atoms with Gasteiger partial charge in [-0.15, -0.1) is 5.10 Å². The van der Waals surface area contributed by atoms with Crippen LogP contribution in [0.1, 0.15) is 27.0 Å². The molecule has 0 bridgehead atoms. The molecule has 0 radical (unpaired) electrons. The molecule has 5 rings (SSSR count). The maximum Gasteiger partial charge on any atom is 0.416 e. The summed E-state index contributed by atoms with van der Waals surface area (Å²) in [6.45, 7) is 0.638. The Bertz CT molecular complexity index is 1550. The molecule has 2 heterocycles. The highest BCUT2D eigenvalue weighted by Gasteiger charge is 2.30. The normalized spacial score (nSPS) is 14.2.